The molecule has 0 amide bonds. The Balaban J connectivity index is 1.61. The lowest BCUT2D eigenvalue weighted by Gasteiger charge is -2.34. The summed E-state index contributed by atoms with van der Waals surface area (Å²) in [5.41, 5.74) is 5.84. The number of hydrogen-bond donors (Lipinski definition) is 1. The summed E-state index contributed by atoms with van der Waals surface area (Å²) in [5, 5.41) is 9.03. The van der Waals surface area contributed by atoms with Gasteiger partial charge >= 0.3 is 0 Å². The minimum Gasteiger partial charge on any atom is -0.328 e. The van der Waals surface area contributed by atoms with E-state index in [-0.39, 0.29) is 5.41 Å². The normalized spacial score (nSPS) is 26.1. The van der Waals surface area contributed by atoms with E-state index in [0.29, 0.717) is 6.04 Å². The fraction of sp³-hybridized carbons (Fsp3) is 0.941. The maximum Gasteiger partial charge on any atom is 0.0683 e. The molecule has 2 fully saturated rings. The Kier molecular flexibility index (Phi) is 6.04. The number of unbranched alkanes of at least 4 members (excludes halogenated alkanes) is 1. The Bertz CT molecular complexity index is 352. The Morgan fingerprint density at radius 3 is 2.52 bits per heavy atom. The van der Waals surface area contributed by atoms with Crippen molar-refractivity contribution in [2.45, 2.75) is 64.5 Å². The first-order chi connectivity index (χ1) is 10.00. The van der Waals surface area contributed by atoms with Gasteiger partial charge in [0.25, 0.3) is 0 Å². The van der Waals surface area contributed by atoms with Gasteiger partial charge in [0.1, 0.15) is 0 Å². The molecule has 0 aromatic carbocycles. The molecule has 2 aliphatic rings. The molecule has 0 aliphatic carbocycles. The van der Waals surface area contributed by atoms with Gasteiger partial charge in [0.05, 0.1) is 11.5 Å². The van der Waals surface area contributed by atoms with Gasteiger partial charge in [0, 0.05) is 18.6 Å². The van der Waals surface area contributed by atoms with E-state index in [1.165, 1.54) is 64.8 Å². The summed E-state index contributed by atoms with van der Waals surface area (Å²) in [6.07, 6.45) is 7.06. The minimum absolute atomic E-state index is 0.153. The van der Waals surface area contributed by atoms with Gasteiger partial charge in [-0.25, -0.2) is 0 Å². The summed E-state index contributed by atoms with van der Waals surface area (Å²) >= 11 is 0. The van der Waals surface area contributed by atoms with Crippen molar-refractivity contribution in [2.75, 3.05) is 32.7 Å². The second-order valence-electron chi connectivity index (χ2n) is 7.57. The lowest BCUT2D eigenvalue weighted by molar-refractivity contribution is 0.152. The molecule has 0 spiro atoms. The van der Waals surface area contributed by atoms with E-state index in [4.69, 9.17) is 11.0 Å². The van der Waals surface area contributed by atoms with Crippen LogP contribution in [0.2, 0.25) is 0 Å². The molecule has 0 aromatic rings. The highest BCUT2D eigenvalue weighted by Gasteiger charge is 2.29. The second-order valence-corrected chi connectivity index (χ2v) is 7.57. The molecule has 4 nitrogen and oxygen atoms in total. The summed E-state index contributed by atoms with van der Waals surface area (Å²) in [6, 6.07) is 3.58. The fourth-order valence-corrected chi connectivity index (χ4v) is 3.56. The highest BCUT2D eigenvalue weighted by atomic mass is 15.3. The Morgan fingerprint density at radius 2 is 1.86 bits per heavy atom. The molecule has 0 saturated carbocycles. The minimum atomic E-state index is -0.153. The average molecular weight is 292 g/mol. The van der Waals surface area contributed by atoms with Gasteiger partial charge in [-0.1, -0.05) is 6.42 Å². The SMILES string of the molecule is CC(C)(C#N)CCCCN1CCC(N2CCC(N)CC2)C1. The Hall–Kier alpha value is -0.630. The topological polar surface area (TPSA) is 56.3 Å². The van der Waals surface area contributed by atoms with E-state index < -0.39 is 0 Å². The standard InChI is InChI=1S/C17H32N4/c1-17(2,14-18)8-3-4-9-20-10-7-16(13-20)21-11-5-15(19)6-12-21/h15-16H,3-13,19H2,1-2H3. The monoisotopic (exact) mass is 292 g/mol. The molecule has 0 radical (unpaired) electrons. The molecule has 0 aromatic heterocycles. The van der Waals surface area contributed by atoms with Crippen molar-refractivity contribution in [3.05, 3.63) is 0 Å². The van der Waals surface area contributed by atoms with Crippen LogP contribution in [0, 0.1) is 16.7 Å². The van der Waals surface area contributed by atoms with Gasteiger partial charge in [-0.2, -0.15) is 5.26 Å². The van der Waals surface area contributed by atoms with Crippen LogP contribution in [-0.4, -0.2) is 54.6 Å². The predicted molar refractivity (Wildman–Crippen MR) is 86.9 cm³/mol. The molecular formula is C17H32N4. The molecule has 2 rings (SSSR count). The molecule has 0 bridgehead atoms. The Labute approximate surface area is 130 Å². The number of piperidine rings is 1. The van der Waals surface area contributed by atoms with Crippen molar-refractivity contribution in [1.29, 1.82) is 5.26 Å². The van der Waals surface area contributed by atoms with Crippen LogP contribution in [0.4, 0.5) is 0 Å². The van der Waals surface area contributed by atoms with E-state index in [9.17, 15) is 0 Å². The maximum absolute atomic E-state index is 9.03. The van der Waals surface area contributed by atoms with Gasteiger partial charge in [0.2, 0.25) is 0 Å². The molecule has 4 heteroatoms. The molecular weight excluding hydrogens is 260 g/mol. The lowest BCUT2D eigenvalue weighted by Crippen LogP contribution is -2.46. The van der Waals surface area contributed by atoms with E-state index in [1.54, 1.807) is 0 Å². The van der Waals surface area contributed by atoms with Gasteiger partial charge in [-0.05, 0) is 72.1 Å². The number of nitrogens with two attached hydrogens (primary N) is 1. The zero-order valence-corrected chi connectivity index (χ0v) is 13.9. The highest BCUT2D eigenvalue weighted by molar-refractivity contribution is 4.91. The van der Waals surface area contributed by atoms with Crippen molar-refractivity contribution < 1.29 is 0 Å². The van der Waals surface area contributed by atoms with Crippen LogP contribution in [0.25, 0.3) is 0 Å². The van der Waals surface area contributed by atoms with Crippen LogP contribution in [0.15, 0.2) is 0 Å². The van der Waals surface area contributed by atoms with Crippen LogP contribution in [0.5, 0.6) is 0 Å². The van der Waals surface area contributed by atoms with Crippen molar-refractivity contribution in [2.24, 2.45) is 11.1 Å². The molecule has 1 unspecified atom stereocenters. The van der Waals surface area contributed by atoms with E-state index >= 15 is 0 Å². The number of nitrogens with zero attached hydrogens (tertiary/aromatic N) is 3. The third kappa shape index (κ3) is 5.25. The van der Waals surface area contributed by atoms with Crippen molar-refractivity contribution in [3.8, 4) is 6.07 Å². The van der Waals surface area contributed by atoms with Gasteiger partial charge < -0.3 is 10.6 Å². The number of likely N-dealkylation sites (tertiary alicyclic amines) is 2. The largest absolute Gasteiger partial charge is 0.328 e. The maximum atomic E-state index is 9.03. The van der Waals surface area contributed by atoms with Crippen LogP contribution < -0.4 is 5.73 Å². The van der Waals surface area contributed by atoms with Crippen molar-refractivity contribution in [1.82, 2.24) is 9.80 Å². The molecule has 2 N–H and O–H groups in total. The molecule has 1 atom stereocenters. The fourth-order valence-electron chi connectivity index (χ4n) is 3.56. The lowest BCUT2D eigenvalue weighted by atomic mass is 9.89. The van der Waals surface area contributed by atoms with Gasteiger partial charge in [-0.3, -0.25) is 4.90 Å². The molecule has 21 heavy (non-hydrogen) atoms. The molecule has 2 saturated heterocycles. The Morgan fingerprint density at radius 1 is 1.14 bits per heavy atom. The first-order valence-corrected chi connectivity index (χ1v) is 8.63. The molecule has 2 heterocycles. The summed E-state index contributed by atoms with van der Waals surface area (Å²) in [6.45, 7) is 10.1. The third-order valence-corrected chi connectivity index (χ3v) is 5.17. The summed E-state index contributed by atoms with van der Waals surface area (Å²) in [7, 11) is 0. The average Bonchev–Trinajstić information content (AvgIpc) is 2.93. The molecule has 120 valence electrons. The third-order valence-electron chi connectivity index (χ3n) is 5.17. The highest BCUT2D eigenvalue weighted by Crippen LogP contribution is 2.23. The smallest absolute Gasteiger partial charge is 0.0683 e. The number of nitriles is 1. The first kappa shape index (κ1) is 16.7. The number of rotatable bonds is 6. The zero-order chi connectivity index (χ0) is 15.3. The summed E-state index contributed by atoms with van der Waals surface area (Å²) in [4.78, 5) is 5.26. The van der Waals surface area contributed by atoms with Crippen LogP contribution >= 0.6 is 0 Å². The summed E-state index contributed by atoms with van der Waals surface area (Å²) in [5.74, 6) is 0. The van der Waals surface area contributed by atoms with E-state index in [0.717, 1.165) is 12.5 Å². The second kappa shape index (κ2) is 7.58. The van der Waals surface area contributed by atoms with Crippen molar-refractivity contribution >= 4 is 0 Å². The quantitative estimate of drug-likeness (QED) is 0.763. The van der Waals surface area contributed by atoms with Crippen LogP contribution in [0.3, 0.4) is 0 Å². The van der Waals surface area contributed by atoms with Gasteiger partial charge in [-0.15, -0.1) is 0 Å². The van der Waals surface area contributed by atoms with Gasteiger partial charge in [0.15, 0.2) is 0 Å². The number of hydrogen-bond acceptors (Lipinski definition) is 4. The van der Waals surface area contributed by atoms with E-state index in [2.05, 4.69) is 15.9 Å². The molecule has 2 aliphatic heterocycles. The first-order valence-electron chi connectivity index (χ1n) is 8.63. The predicted octanol–water partition coefficient (Wildman–Crippen LogP) is 2.20. The van der Waals surface area contributed by atoms with Crippen molar-refractivity contribution in [3.63, 3.8) is 0 Å². The zero-order valence-electron chi connectivity index (χ0n) is 13.9. The van der Waals surface area contributed by atoms with Crippen LogP contribution in [0.1, 0.15) is 52.4 Å². The summed E-state index contributed by atoms with van der Waals surface area (Å²) < 4.78 is 0. The van der Waals surface area contributed by atoms with E-state index in [1.807, 2.05) is 13.8 Å². The van der Waals surface area contributed by atoms with Crippen LogP contribution in [-0.2, 0) is 0 Å².